The molecule has 0 fully saturated rings. The van der Waals surface area contributed by atoms with Crippen LogP contribution in [0.5, 0.6) is 6.01 Å². The van der Waals surface area contributed by atoms with Crippen LogP contribution in [-0.2, 0) is 7.05 Å². The Kier molecular flexibility index (Phi) is 2.58. The second kappa shape index (κ2) is 4.04. The summed E-state index contributed by atoms with van der Waals surface area (Å²) in [6.45, 7) is 0. The van der Waals surface area contributed by atoms with Gasteiger partial charge >= 0.3 is 6.01 Å². The summed E-state index contributed by atoms with van der Waals surface area (Å²) in [7, 11) is 3.40. The molecule has 0 aliphatic carbocycles. The minimum Gasteiger partial charge on any atom is -0.463 e. The maximum atomic E-state index is 5.01. The van der Waals surface area contributed by atoms with Gasteiger partial charge in [0.15, 0.2) is 7.05 Å². The van der Waals surface area contributed by atoms with E-state index in [0.29, 0.717) is 6.01 Å². The average Bonchev–Trinajstić information content (AvgIpc) is 2.29. The van der Waals surface area contributed by atoms with Gasteiger partial charge in [-0.3, -0.25) is 0 Å². The summed E-state index contributed by atoms with van der Waals surface area (Å²) in [6.07, 6.45) is 1.86. The van der Waals surface area contributed by atoms with Gasteiger partial charge in [-0.25, -0.2) is 0 Å². The zero-order valence-corrected chi connectivity index (χ0v) is 8.71. The molecule has 0 amide bonds. The Morgan fingerprint density at radius 1 is 1.20 bits per heavy atom. The number of aryl methyl sites for hydroxylation is 1. The summed E-state index contributed by atoms with van der Waals surface area (Å²) in [6, 6.07) is 10.3. The van der Waals surface area contributed by atoms with Crippen LogP contribution in [0.2, 0.25) is 0 Å². The number of hydrogen-bond donors (Lipinski definition) is 0. The van der Waals surface area contributed by atoms with E-state index in [0.717, 1.165) is 11.3 Å². The number of aromatic nitrogens is 3. The lowest BCUT2D eigenvalue weighted by molar-refractivity contribution is -0.731. The predicted molar refractivity (Wildman–Crippen MR) is 55.2 cm³/mol. The van der Waals surface area contributed by atoms with Crippen LogP contribution < -0.4 is 9.42 Å². The molecule has 1 heterocycles. The minimum atomic E-state index is 0.374. The van der Waals surface area contributed by atoms with Crippen molar-refractivity contribution in [1.29, 1.82) is 0 Å². The van der Waals surface area contributed by atoms with Crippen LogP contribution in [0.1, 0.15) is 0 Å². The molecule has 2 rings (SSSR count). The number of hydrogen-bond acceptors (Lipinski definition) is 3. The third-order valence-electron chi connectivity index (χ3n) is 2.02. The van der Waals surface area contributed by atoms with Crippen LogP contribution in [0.3, 0.4) is 0 Å². The predicted octanol–water partition coefficient (Wildman–Crippen LogP) is 0.977. The van der Waals surface area contributed by atoms with Crippen LogP contribution in [0.15, 0.2) is 36.5 Å². The Labute approximate surface area is 88.2 Å². The van der Waals surface area contributed by atoms with Crippen molar-refractivity contribution in [2.45, 2.75) is 0 Å². The SMILES string of the molecule is COc1nc(-c2ccccc2)c[n+](C)n1. The van der Waals surface area contributed by atoms with Crippen LogP contribution >= 0.6 is 0 Å². The van der Waals surface area contributed by atoms with Gasteiger partial charge in [0.05, 0.1) is 12.2 Å². The molecule has 1 aromatic heterocycles. The van der Waals surface area contributed by atoms with Crippen LogP contribution in [0.4, 0.5) is 0 Å². The minimum absolute atomic E-state index is 0.374. The van der Waals surface area contributed by atoms with E-state index in [9.17, 15) is 0 Å². The average molecular weight is 202 g/mol. The highest BCUT2D eigenvalue weighted by Gasteiger charge is 2.09. The molecule has 2 aromatic rings. The molecule has 0 spiro atoms. The molecule has 0 bridgehead atoms. The molecule has 0 aliphatic rings. The number of nitrogens with zero attached hydrogens (tertiary/aromatic N) is 3. The fraction of sp³-hybridized carbons (Fsp3) is 0.182. The number of ether oxygens (including phenoxy) is 1. The van der Waals surface area contributed by atoms with Crippen molar-refractivity contribution in [2.75, 3.05) is 7.11 Å². The Balaban J connectivity index is 2.49. The molecule has 0 aliphatic heterocycles. The Hall–Kier alpha value is -1.97. The first-order valence-corrected chi connectivity index (χ1v) is 4.64. The van der Waals surface area contributed by atoms with Gasteiger partial charge in [0.25, 0.3) is 0 Å². The third kappa shape index (κ3) is 2.10. The molecule has 76 valence electrons. The molecule has 4 heteroatoms. The van der Waals surface area contributed by atoms with Crippen molar-refractivity contribution in [3.8, 4) is 17.3 Å². The molecule has 0 radical (unpaired) electrons. The monoisotopic (exact) mass is 202 g/mol. The van der Waals surface area contributed by atoms with Gasteiger partial charge in [0.2, 0.25) is 6.20 Å². The second-order valence-electron chi connectivity index (χ2n) is 3.15. The lowest BCUT2D eigenvalue weighted by atomic mass is 10.2. The van der Waals surface area contributed by atoms with Gasteiger partial charge < -0.3 is 4.74 Å². The van der Waals surface area contributed by atoms with E-state index in [1.54, 1.807) is 11.8 Å². The van der Waals surface area contributed by atoms with Gasteiger partial charge in [0.1, 0.15) is 5.69 Å². The summed E-state index contributed by atoms with van der Waals surface area (Å²) in [4.78, 5) is 4.27. The van der Waals surface area contributed by atoms with Crippen molar-refractivity contribution in [1.82, 2.24) is 10.1 Å². The van der Waals surface area contributed by atoms with E-state index >= 15 is 0 Å². The van der Waals surface area contributed by atoms with Gasteiger partial charge in [-0.2, -0.15) is 4.98 Å². The third-order valence-corrected chi connectivity index (χ3v) is 2.02. The molecular formula is C11H12N3O+. The molecule has 1 aromatic carbocycles. The fourth-order valence-corrected chi connectivity index (χ4v) is 1.33. The number of methoxy groups -OCH3 is 1. The normalized spacial score (nSPS) is 10.0. The van der Waals surface area contributed by atoms with E-state index < -0.39 is 0 Å². The van der Waals surface area contributed by atoms with Crippen molar-refractivity contribution >= 4 is 0 Å². The molecule has 0 unspecified atom stereocenters. The second-order valence-corrected chi connectivity index (χ2v) is 3.15. The number of benzene rings is 1. The lowest BCUT2D eigenvalue weighted by Gasteiger charge is -1.99. The maximum absolute atomic E-state index is 5.01. The van der Waals surface area contributed by atoms with Gasteiger partial charge in [-0.15, -0.1) is 0 Å². The maximum Gasteiger partial charge on any atom is 0.379 e. The molecule has 4 nitrogen and oxygen atoms in total. The van der Waals surface area contributed by atoms with E-state index in [2.05, 4.69) is 10.1 Å². The smallest absolute Gasteiger partial charge is 0.379 e. The summed E-state index contributed by atoms with van der Waals surface area (Å²) >= 11 is 0. The van der Waals surface area contributed by atoms with Crippen LogP contribution in [-0.4, -0.2) is 17.2 Å². The standard InChI is InChI=1S/C11H12N3O/c1-14-8-10(12-11(13-14)15-2)9-6-4-3-5-7-9/h3-8H,1-2H3/q+1. The van der Waals surface area contributed by atoms with E-state index in [-0.39, 0.29) is 0 Å². The quantitative estimate of drug-likeness (QED) is 0.681. The van der Waals surface area contributed by atoms with E-state index in [1.807, 2.05) is 43.6 Å². The largest absolute Gasteiger partial charge is 0.463 e. The highest BCUT2D eigenvalue weighted by atomic mass is 16.5. The van der Waals surface area contributed by atoms with Crippen LogP contribution in [0.25, 0.3) is 11.3 Å². The zero-order valence-electron chi connectivity index (χ0n) is 8.71. The number of rotatable bonds is 2. The van der Waals surface area contributed by atoms with Gasteiger partial charge in [-0.1, -0.05) is 35.0 Å². The van der Waals surface area contributed by atoms with Gasteiger partial charge in [0, 0.05) is 5.56 Å². The Morgan fingerprint density at radius 3 is 2.60 bits per heavy atom. The first-order valence-electron chi connectivity index (χ1n) is 4.64. The van der Waals surface area contributed by atoms with Crippen LogP contribution in [0, 0.1) is 0 Å². The van der Waals surface area contributed by atoms with Crippen molar-refractivity contribution in [2.24, 2.45) is 7.05 Å². The molecule has 0 N–H and O–H groups in total. The highest BCUT2D eigenvalue weighted by molar-refractivity contribution is 5.56. The summed E-state index contributed by atoms with van der Waals surface area (Å²) in [5.74, 6) is 0. The first kappa shape index (κ1) is 9.58. The first-order chi connectivity index (χ1) is 7.29. The topological polar surface area (TPSA) is 38.9 Å². The highest BCUT2D eigenvalue weighted by Crippen LogP contribution is 2.15. The Morgan fingerprint density at radius 2 is 1.93 bits per heavy atom. The van der Waals surface area contributed by atoms with Gasteiger partial charge in [-0.05, 0) is 0 Å². The molecular weight excluding hydrogens is 190 g/mol. The molecule has 15 heavy (non-hydrogen) atoms. The van der Waals surface area contributed by atoms with Crippen molar-refractivity contribution in [3.05, 3.63) is 36.5 Å². The lowest BCUT2D eigenvalue weighted by Crippen LogP contribution is -2.33. The summed E-state index contributed by atoms with van der Waals surface area (Å²) in [5.41, 5.74) is 1.90. The fourth-order valence-electron chi connectivity index (χ4n) is 1.33. The summed E-state index contributed by atoms with van der Waals surface area (Å²) < 4.78 is 6.70. The van der Waals surface area contributed by atoms with Crippen molar-refractivity contribution in [3.63, 3.8) is 0 Å². The zero-order chi connectivity index (χ0) is 10.7. The van der Waals surface area contributed by atoms with E-state index in [4.69, 9.17) is 4.74 Å². The molecule has 0 saturated heterocycles. The Bertz CT molecular complexity index is 457. The van der Waals surface area contributed by atoms with E-state index in [1.165, 1.54) is 0 Å². The molecule has 0 saturated carbocycles. The van der Waals surface area contributed by atoms with Crippen molar-refractivity contribution < 1.29 is 9.42 Å². The summed E-state index contributed by atoms with van der Waals surface area (Å²) in [5, 5.41) is 4.06. The molecule has 0 atom stereocenters.